The summed E-state index contributed by atoms with van der Waals surface area (Å²) in [5.74, 6) is -1.27. The van der Waals surface area contributed by atoms with E-state index < -0.39 is 28.3 Å². The molecule has 6 nitrogen and oxygen atoms in total. The van der Waals surface area contributed by atoms with E-state index in [0.717, 1.165) is 34.1 Å². The van der Waals surface area contributed by atoms with Crippen molar-refractivity contribution in [1.82, 2.24) is 5.43 Å². The van der Waals surface area contributed by atoms with E-state index in [2.05, 4.69) is 10.5 Å². The summed E-state index contributed by atoms with van der Waals surface area (Å²) < 4.78 is 40.6. The van der Waals surface area contributed by atoms with Gasteiger partial charge in [-0.3, -0.25) is 9.10 Å². The minimum Gasteiger partial charge on any atom is -0.271 e. The molecule has 1 amide bonds. The van der Waals surface area contributed by atoms with Gasteiger partial charge in [0, 0.05) is 5.56 Å². The number of sulfonamides is 1. The Labute approximate surface area is 195 Å². The molecule has 3 aromatic carbocycles. The van der Waals surface area contributed by atoms with Crippen LogP contribution in [-0.4, -0.2) is 27.1 Å². The fraction of sp³-hybridized carbons (Fsp3) is 0.0909. The van der Waals surface area contributed by atoms with Gasteiger partial charge in [-0.15, -0.1) is 0 Å². The zero-order valence-electron chi connectivity index (χ0n) is 16.8. The molecule has 0 unspecified atom stereocenters. The molecule has 0 atom stereocenters. The van der Waals surface area contributed by atoms with Crippen molar-refractivity contribution in [2.75, 3.05) is 10.8 Å². The highest BCUT2D eigenvalue weighted by molar-refractivity contribution is 7.92. The highest BCUT2D eigenvalue weighted by Crippen LogP contribution is 2.24. The van der Waals surface area contributed by atoms with E-state index in [9.17, 15) is 17.6 Å². The highest BCUT2D eigenvalue weighted by Gasteiger charge is 2.27. The fourth-order valence-corrected chi connectivity index (χ4v) is 4.64. The molecule has 0 radical (unpaired) electrons. The van der Waals surface area contributed by atoms with Gasteiger partial charge in [0.2, 0.25) is 0 Å². The van der Waals surface area contributed by atoms with Gasteiger partial charge in [0.1, 0.15) is 12.4 Å². The smallest absolute Gasteiger partial charge is 0.264 e. The zero-order chi connectivity index (χ0) is 23.3. The van der Waals surface area contributed by atoms with E-state index in [1.54, 1.807) is 42.5 Å². The predicted octanol–water partition coefficient (Wildman–Crippen LogP) is 4.79. The van der Waals surface area contributed by atoms with Crippen LogP contribution < -0.4 is 9.73 Å². The molecule has 0 aliphatic rings. The highest BCUT2D eigenvalue weighted by atomic mass is 35.5. The van der Waals surface area contributed by atoms with Gasteiger partial charge in [0.15, 0.2) is 0 Å². The number of nitrogens with one attached hydrogen (secondary N) is 1. The average Bonchev–Trinajstić information content (AvgIpc) is 2.75. The maximum absolute atomic E-state index is 13.3. The molecule has 166 valence electrons. The first-order valence-electron chi connectivity index (χ1n) is 9.29. The van der Waals surface area contributed by atoms with Crippen LogP contribution in [0.25, 0.3) is 0 Å². The van der Waals surface area contributed by atoms with Crippen molar-refractivity contribution >= 4 is 51.0 Å². The molecule has 0 saturated carbocycles. The topological polar surface area (TPSA) is 78.8 Å². The van der Waals surface area contributed by atoms with Gasteiger partial charge in [-0.2, -0.15) is 5.10 Å². The molecule has 0 aromatic heterocycles. The van der Waals surface area contributed by atoms with Gasteiger partial charge in [-0.25, -0.2) is 18.2 Å². The molecule has 3 rings (SSSR count). The van der Waals surface area contributed by atoms with Crippen LogP contribution in [0.4, 0.5) is 10.1 Å². The van der Waals surface area contributed by atoms with Crippen molar-refractivity contribution in [2.45, 2.75) is 11.8 Å². The maximum atomic E-state index is 13.3. The summed E-state index contributed by atoms with van der Waals surface area (Å²) in [5.41, 5.74) is 3.87. The van der Waals surface area contributed by atoms with Crippen LogP contribution in [0.3, 0.4) is 0 Å². The molecular formula is C22H18Cl2FN3O3S. The molecule has 0 bridgehead atoms. The third-order valence-corrected chi connectivity index (χ3v) is 6.84. The quantitative estimate of drug-likeness (QED) is 0.379. The van der Waals surface area contributed by atoms with Crippen molar-refractivity contribution in [3.8, 4) is 0 Å². The van der Waals surface area contributed by atoms with Crippen LogP contribution in [0.15, 0.2) is 76.7 Å². The predicted molar refractivity (Wildman–Crippen MR) is 124 cm³/mol. The van der Waals surface area contributed by atoms with Gasteiger partial charge >= 0.3 is 0 Å². The number of amides is 1. The largest absolute Gasteiger partial charge is 0.271 e. The molecule has 0 spiro atoms. The van der Waals surface area contributed by atoms with Crippen molar-refractivity contribution in [2.24, 2.45) is 5.10 Å². The third-order valence-electron chi connectivity index (χ3n) is 4.39. The lowest BCUT2D eigenvalue weighted by molar-refractivity contribution is -0.119. The van der Waals surface area contributed by atoms with Gasteiger partial charge in [0.25, 0.3) is 15.9 Å². The molecule has 3 aromatic rings. The van der Waals surface area contributed by atoms with Gasteiger partial charge in [-0.1, -0.05) is 47.0 Å². The first-order valence-corrected chi connectivity index (χ1v) is 11.5. The number of benzene rings is 3. The van der Waals surface area contributed by atoms with Crippen LogP contribution in [0, 0.1) is 12.7 Å². The molecule has 0 aliphatic carbocycles. The first kappa shape index (κ1) is 23.7. The van der Waals surface area contributed by atoms with Crippen LogP contribution in [-0.2, 0) is 14.8 Å². The van der Waals surface area contributed by atoms with E-state index in [1.165, 1.54) is 6.21 Å². The van der Waals surface area contributed by atoms with Crippen molar-refractivity contribution in [1.29, 1.82) is 0 Å². The Morgan fingerprint density at radius 3 is 2.22 bits per heavy atom. The molecule has 0 aliphatic heterocycles. The van der Waals surface area contributed by atoms with E-state index in [0.29, 0.717) is 15.6 Å². The number of nitrogens with zero attached hydrogens (tertiary/aromatic N) is 2. The van der Waals surface area contributed by atoms with Gasteiger partial charge in [-0.05, 0) is 55.5 Å². The second-order valence-corrected chi connectivity index (χ2v) is 9.41. The lowest BCUT2D eigenvalue weighted by Crippen LogP contribution is -2.39. The SMILES string of the molecule is Cc1ccc(N(CC(=O)N/N=C/c2c(Cl)cccc2Cl)S(=O)(=O)c2ccc(F)cc2)cc1. The van der Waals surface area contributed by atoms with Gasteiger partial charge in [0.05, 0.1) is 26.8 Å². The van der Waals surface area contributed by atoms with Crippen LogP contribution in [0.1, 0.15) is 11.1 Å². The number of halogens is 3. The summed E-state index contributed by atoms with van der Waals surface area (Å²) in [7, 11) is -4.16. The summed E-state index contributed by atoms with van der Waals surface area (Å²) >= 11 is 12.1. The fourth-order valence-electron chi connectivity index (χ4n) is 2.73. The van der Waals surface area contributed by atoms with Crippen molar-refractivity contribution in [3.05, 3.63) is 93.7 Å². The third kappa shape index (κ3) is 5.64. The van der Waals surface area contributed by atoms with E-state index in [-0.39, 0.29) is 10.6 Å². The number of carbonyl (C=O) groups is 1. The monoisotopic (exact) mass is 493 g/mol. The minimum absolute atomic E-state index is 0.154. The second kappa shape index (κ2) is 10.1. The molecule has 0 fully saturated rings. The Morgan fingerprint density at radius 1 is 1.03 bits per heavy atom. The van der Waals surface area contributed by atoms with Crippen LogP contribution >= 0.6 is 23.2 Å². The maximum Gasteiger partial charge on any atom is 0.264 e. The number of carbonyl (C=O) groups excluding carboxylic acids is 1. The Morgan fingerprint density at radius 2 is 1.62 bits per heavy atom. The number of aryl methyl sites for hydroxylation is 1. The standard InChI is InChI=1S/C22H18Cl2FN3O3S/c1-15-5-9-17(10-6-15)28(32(30,31)18-11-7-16(25)8-12-18)14-22(29)27-26-13-19-20(23)3-2-4-21(19)24/h2-13H,14H2,1H3,(H,27,29)/b26-13+. The number of hydrogen-bond acceptors (Lipinski definition) is 4. The lowest BCUT2D eigenvalue weighted by Gasteiger charge is -2.23. The Balaban J connectivity index is 1.85. The molecule has 32 heavy (non-hydrogen) atoms. The molecule has 0 saturated heterocycles. The Kier molecular flexibility index (Phi) is 7.50. The number of rotatable bonds is 7. The van der Waals surface area contributed by atoms with Crippen LogP contribution in [0.5, 0.6) is 0 Å². The number of anilines is 1. The zero-order valence-corrected chi connectivity index (χ0v) is 19.1. The lowest BCUT2D eigenvalue weighted by atomic mass is 10.2. The number of hydrazone groups is 1. The Bertz CT molecular complexity index is 1230. The van der Waals surface area contributed by atoms with E-state index in [4.69, 9.17) is 23.2 Å². The van der Waals surface area contributed by atoms with Crippen LogP contribution in [0.2, 0.25) is 10.0 Å². The molecular weight excluding hydrogens is 476 g/mol. The summed E-state index contributed by atoms with van der Waals surface area (Å²) in [6.07, 6.45) is 1.27. The number of hydrogen-bond donors (Lipinski definition) is 1. The molecule has 10 heteroatoms. The molecule has 1 N–H and O–H groups in total. The van der Waals surface area contributed by atoms with Crippen molar-refractivity contribution < 1.29 is 17.6 Å². The summed E-state index contributed by atoms with van der Waals surface area (Å²) in [6, 6.07) is 15.9. The second-order valence-electron chi connectivity index (χ2n) is 6.73. The summed E-state index contributed by atoms with van der Waals surface area (Å²) in [4.78, 5) is 12.4. The van der Waals surface area contributed by atoms with Gasteiger partial charge < -0.3 is 0 Å². The Hall–Kier alpha value is -2.94. The molecule has 0 heterocycles. The normalized spacial score (nSPS) is 11.5. The van der Waals surface area contributed by atoms with E-state index >= 15 is 0 Å². The van der Waals surface area contributed by atoms with E-state index in [1.807, 2.05) is 6.92 Å². The first-order chi connectivity index (χ1) is 15.2. The minimum atomic E-state index is -4.16. The van der Waals surface area contributed by atoms with Crippen molar-refractivity contribution in [3.63, 3.8) is 0 Å². The average molecular weight is 494 g/mol. The summed E-state index contributed by atoms with van der Waals surface area (Å²) in [5, 5.41) is 4.51. The summed E-state index contributed by atoms with van der Waals surface area (Å²) in [6.45, 7) is 1.29.